The highest BCUT2D eigenvalue weighted by molar-refractivity contribution is 7.07. The molecule has 9 heteroatoms. The van der Waals surface area contributed by atoms with Gasteiger partial charge >= 0.3 is 0 Å². The zero-order valence-electron chi connectivity index (χ0n) is 19.9. The minimum absolute atomic E-state index is 0.228. The van der Waals surface area contributed by atoms with Crippen LogP contribution in [0.1, 0.15) is 42.7 Å². The van der Waals surface area contributed by atoms with Crippen LogP contribution >= 0.6 is 11.3 Å². The Kier molecular flexibility index (Phi) is 5.86. The lowest BCUT2D eigenvalue weighted by atomic mass is 10.00. The Morgan fingerprint density at radius 3 is 2.60 bits per heavy atom. The van der Waals surface area contributed by atoms with Crippen molar-refractivity contribution >= 4 is 29.0 Å². The maximum Gasteiger partial charge on any atom is 0.271 e. The molecular weight excluding hydrogens is 462 g/mol. The number of nitrogens with zero attached hydrogens (tertiary/aromatic N) is 4. The number of benzene rings is 1. The van der Waals surface area contributed by atoms with Gasteiger partial charge in [-0.15, -0.1) is 0 Å². The molecule has 0 radical (unpaired) electrons. The van der Waals surface area contributed by atoms with E-state index in [1.165, 1.54) is 11.3 Å². The molecule has 3 aromatic heterocycles. The minimum atomic E-state index is -0.731. The van der Waals surface area contributed by atoms with Gasteiger partial charge in [0.1, 0.15) is 17.6 Å². The number of hydrogen-bond acceptors (Lipinski definition) is 6. The zero-order chi connectivity index (χ0) is 24.7. The number of thiazole rings is 1. The second kappa shape index (κ2) is 8.99. The summed E-state index contributed by atoms with van der Waals surface area (Å²) in [5.74, 6) is 0.880. The van der Waals surface area contributed by atoms with Gasteiger partial charge in [0, 0.05) is 23.5 Å². The summed E-state index contributed by atoms with van der Waals surface area (Å²) in [6.45, 7) is 8.37. The molecule has 1 aliphatic heterocycles. The number of furan rings is 1. The predicted molar refractivity (Wildman–Crippen MR) is 135 cm³/mol. The Hall–Kier alpha value is -3.98. The predicted octanol–water partition coefficient (Wildman–Crippen LogP) is 3.30. The Balaban J connectivity index is 1.67. The molecule has 4 aromatic rings. The van der Waals surface area contributed by atoms with E-state index in [0.717, 1.165) is 17.8 Å². The maximum absolute atomic E-state index is 13.7. The van der Waals surface area contributed by atoms with E-state index in [9.17, 15) is 9.59 Å². The number of carbonyl (C=O) groups is 1. The van der Waals surface area contributed by atoms with Crippen LogP contribution in [0.25, 0.3) is 6.08 Å². The first-order valence-electron chi connectivity index (χ1n) is 11.3. The van der Waals surface area contributed by atoms with Crippen molar-refractivity contribution in [2.75, 3.05) is 5.32 Å². The molecule has 35 heavy (non-hydrogen) atoms. The molecule has 4 heterocycles. The molecule has 1 aromatic carbocycles. The molecule has 0 spiro atoms. The summed E-state index contributed by atoms with van der Waals surface area (Å²) in [5.41, 5.74) is 3.20. The van der Waals surface area contributed by atoms with E-state index in [1.807, 2.05) is 67.9 Å². The second-order valence-corrected chi connectivity index (χ2v) is 9.36. The summed E-state index contributed by atoms with van der Waals surface area (Å²) in [4.78, 5) is 32.3. The van der Waals surface area contributed by atoms with Crippen LogP contribution in [0.3, 0.4) is 0 Å². The molecule has 0 saturated heterocycles. The largest absolute Gasteiger partial charge is 0.464 e. The van der Waals surface area contributed by atoms with Crippen molar-refractivity contribution in [3.8, 4) is 0 Å². The smallest absolute Gasteiger partial charge is 0.271 e. The summed E-state index contributed by atoms with van der Waals surface area (Å²) in [5, 5.41) is 7.31. The summed E-state index contributed by atoms with van der Waals surface area (Å²) in [6.07, 6.45) is 3.60. The van der Waals surface area contributed by atoms with Crippen LogP contribution < -0.4 is 20.2 Å². The van der Waals surface area contributed by atoms with Crippen LogP contribution in [-0.4, -0.2) is 20.3 Å². The van der Waals surface area contributed by atoms with E-state index in [0.29, 0.717) is 37.8 Å². The third-order valence-corrected chi connectivity index (χ3v) is 7.04. The highest BCUT2D eigenvalue weighted by Crippen LogP contribution is 2.31. The van der Waals surface area contributed by atoms with Crippen LogP contribution in [0, 0.1) is 13.8 Å². The van der Waals surface area contributed by atoms with E-state index in [4.69, 9.17) is 4.42 Å². The maximum atomic E-state index is 13.7. The zero-order valence-corrected chi connectivity index (χ0v) is 20.7. The average Bonchev–Trinajstić information content (AvgIpc) is 3.51. The summed E-state index contributed by atoms with van der Waals surface area (Å²) in [6, 6.07) is 12.1. The monoisotopic (exact) mass is 487 g/mol. The van der Waals surface area contributed by atoms with Crippen molar-refractivity contribution < 1.29 is 9.21 Å². The summed E-state index contributed by atoms with van der Waals surface area (Å²) >= 11 is 1.29. The molecule has 1 N–H and O–H groups in total. The van der Waals surface area contributed by atoms with Crippen molar-refractivity contribution in [3.63, 3.8) is 0 Å². The lowest BCUT2D eigenvalue weighted by Gasteiger charge is -2.23. The molecule has 1 atom stereocenters. The number of amides is 1. The molecule has 8 nitrogen and oxygen atoms in total. The van der Waals surface area contributed by atoms with Crippen molar-refractivity contribution in [3.05, 3.63) is 102 Å². The van der Waals surface area contributed by atoms with Gasteiger partial charge < -0.3 is 9.73 Å². The van der Waals surface area contributed by atoms with Gasteiger partial charge in [-0.3, -0.25) is 18.8 Å². The van der Waals surface area contributed by atoms with Gasteiger partial charge in [0.2, 0.25) is 0 Å². The normalized spacial score (nSPS) is 15.8. The minimum Gasteiger partial charge on any atom is -0.464 e. The average molecular weight is 488 g/mol. The number of rotatable bonds is 5. The molecular formula is C26H25N5O3S. The summed E-state index contributed by atoms with van der Waals surface area (Å²) < 4.78 is 9.90. The van der Waals surface area contributed by atoms with Gasteiger partial charge in [-0.2, -0.15) is 5.10 Å². The number of allylic oxidation sites excluding steroid dienone is 1. The van der Waals surface area contributed by atoms with Crippen molar-refractivity contribution in [1.29, 1.82) is 0 Å². The van der Waals surface area contributed by atoms with E-state index >= 15 is 0 Å². The lowest BCUT2D eigenvalue weighted by Crippen LogP contribution is -2.40. The van der Waals surface area contributed by atoms with Gasteiger partial charge in [0.05, 0.1) is 22.0 Å². The van der Waals surface area contributed by atoms with Crippen LogP contribution in [-0.2, 0) is 11.3 Å². The first kappa shape index (κ1) is 22.8. The molecule has 1 aliphatic rings. The number of aryl methyl sites for hydroxylation is 2. The molecule has 178 valence electrons. The van der Waals surface area contributed by atoms with E-state index in [2.05, 4.69) is 15.4 Å². The standard InChI is InChI=1S/C26H25N5O3S/c1-5-30-17(4)18(14-27-30)13-21-25(33)31-23(20-12-11-15(2)34-20)22(16(3)28-26(31)35-21)24(32)29-19-9-7-6-8-10-19/h6-14,23H,5H2,1-4H3,(H,29,32). The fourth-order valence-corrected chi connectivity index (χ4v) is 5.30. The number of hydrogen-bond donors (Lipinski definition) is 1. The quantitative estimate of drug-likeness (QED) is 0.467. The van der Waals surface area contributed by atoms with Gasteiger partial charge in [0.15, 0.2) is 4.80 Å². The number of nitrogens with one attached hydrogen (secondary N) is 1. The van der Waals surface area contributed by atoms with Gasteiger partial charge in [-0.05, 0) is 58.0 Å². The first-order chi connectivity index (χ1) is 16.9. The van der Waals surface area contributed by atoms with Crippen LogP contribution in [0.4, 0.5) is 5.69 Å². The highest BCUT2D eigenvalue weighted by Gasteiger charge is 2.34. The van der Waals surface area contributed by atoms with Gasteiger partial charge in [-0.25, -0.2) is 4.99 Å². The van der Waals surface area contributed by atoms with Crippen molar-refractivity contribution in [2.45, 2.75) is 40.3 Å². The third kappa shape index (κ3) is 4.08. The van der Waals surface area contributed by atoms with Crippen LogP contribution in [0.2, 0.25) is 0 Å². The van der Waals surface area contributed by atoms with Crippen LogP contribution in [0.5, 0.6) is 0 Å². The molecule has 5 rings (SSSR count). The summed E-state index contributed by atoms with van der Waals surface area (Å²) in [7, 11) is 0. The SMILES string of the molecule is CCn1ncc(C=c2sc3n(c2=O)C(c2ccc(C)o2)C(C(=O)Nc2ccccc2)=C(C)N=3)c1C. The number of para-hydroxylation sites is 1. The van der Waals surface area contributed by atoms with Crippen LogP contribution in [0.15, 0.2) is 74.1 Å². The van der Waals surface area contributed by atoms with E-state index in [-0.39, 0.29) is 11.5 Å². The Morgan fingerprint density at radius 2 is 1.94 bits per heavy atom. The Bertz CT molecular complexity index is 1640. The third-order valence-electron chi connectivity index (χ3n) is 6.06. The molecule has 0 bridgehead atoms. The Labute approximate surface area is 205 Å². The first-order valence-corrected chi connectivity index (χ1v) is 12.2. The molecule has 1 amide bonds. The fraction of sp³-hybridized carbons (Fsp3) is 0.231. The lowest BCUT2D eigenvalue weighted by molar-refractivity contribution is -0.113. The van der Waals surface area contributed by atoms with E-state index in [1.54, 1.807) is 23.8 Å². The van der Waals surface area contributed by atoms with Crippen molar-refractivity contribution in [1.82, 2.24) is 14.3 Å². The van der Waals surface area contributed by atoms with Gasteiger partial charge in [-0.1, -0.05) is 29.5 Å². The Morgan fingerprint density at radius 1 is 1.17 bits per heavy atom. The molecule has 0 fully saturated rings. The topological polar surface area (TPSA) is 94.4 Å². The molecule has 0 aliphatic carbocycles. The number of anilines is 1. The molecule has 0 saturated carbocycles. The van der Waals surface area contributed by atoms with Gasteiger partial charge in [0.25, 0.3) is 11.5 Å². The van der Waals surface area contributed by atoms with E-state index < -0.39 is 6.04 Å². The number of fused-ring (bicyclic) bond motifs is 1. The fourth-order valence-electron chi connectivity index (χ4n) is 4.26. The number of aromatic nitrogens is 3. The second-order valence-electron chi connectivity index (χ2n) is 8.35. The van der Waals surface area contributed by atoms with Crippen molar-refractivity contribution in [2.24, 2.45) is 4.99 Å². The number of carbonyl (C=O) groups excluding carboxylic acids is 1. The highest BCUT2D eigenvalue weighted by atomic mass is 32.1. The molecule has 1 unspecified atom stereocenters.